The van der Waals surface area contributed by atoms with Crippen molar-refractivity contribution < 1.29 is 23.8 Å². The molecule has 0 saturated carbocycles. The normalized spacial score (nSPS) is 13.2. The lowest BCUT2D eigenvalue weighted by molar-refractivity contribution is -0.162. The van der Waals surface area contributed by atoms with Crippen molar-refractivity contribution in [2.45, 2.75) is 219 Å². The molecule has 0 aliphatic carbocycles. The molecule has 0 spiro atoms. The third-order valence-electron chi connectivity index (χ3n) is 10.5. The van der Waals surface area contributed by atoms with E-state index < -0.39 is 6.10 Å². The molecule has 0 heterocycles. The van der Waals surface area contributed by atoms with Gasteiger partial charge in [0.2, 0.25) is 0 Å². The van der Waals surface area contributed by atoms with Crippen LogP contribution in [0.5, 0.6) is 0 Å². The molecule has 64 heavy (non-hydrogen) atoms. The Balaban J connectivity index is 4.40. The second kappa shape index (κ2) is 53.6. The van der Waals surface area contributed by atoms with Gasteiger partial charge in [0.1, 0.15) is 6.61 Å². The minimum absolute atomic E-state index is 0.0368. The zero-order chi connectivity index (χ0) is 46.3. The van der Waals surface area contributed by atoms with Crippen LogP contribution in [0.25, 0.3) is 0 Å². The van der Waals surface area contributed by atoms with E-state index >= 15 is 0 Å². The zero-order valence-electron chi connectivity index (χ0n) is 41.5. The standard InChI is InChI=1S/C59H96O5/c1-4-7-10-13-16-19-22-25-27-29-30-31-32-35-37-40-43-46-49-52-58(60)63-56-57(64-59(61)53-50-47-44-41-38-34-24-21-18-15-12-9-6-3)55-62-54-51-48-45-42-39-36-33-28-26-23-20-17-14-11-8-5-2/h8-9,11-12,16-21,25-28,30-31,34,38,44,47,57H,4-7,10,13-15,22-24,29,32-33,35-37,39-43,45-46,48-56H2,1-3H3/b11-8-,12-9-,19-16-,20-17-,21-18-,27-25-,28-26-,31-30-,38-34-,47-44-. The average Bonchev–Trinajstić information content (AvgIpc) is 3.30. The van der Waals surface area contributed by atoms with Crippen molar-refractivity contribution in [2.75, 3.05) is 19.8 Å². The maximum absolute atomic E-state index is 12.8. The van der Waals surface area contributed by atoms with Crippen LogP contribution in [0.4, 0.5) is 0 Å². The fourth-order valence-corrected chi connectivity index (χ4v) is 6.66. The third-order valence-corrected chi connectivity index (χ3v) is 10.5. The largest absolute Gasteiger partial charge is 0.462 e. The highest BCUT2D eigenvalue weighted by Gasteiger charge is 2.17. The van der Waals surface area contributed by atoms with Crippen LogP contribution in [0.2, 0.25) is 0 Å². The molecule has 0 radical (unpaired) electrons. The van der Waals surface area contributed by atoms with E-state index in [4.69, 9.17) is 14.2 Å². The first kappa shape index (κ1) is 60.3. The summed E-state index contributed by atoms with van der Waals surface area (Å²) < 4.78 is 17.3. The van der Waals surface area contributed by atoms with E-state index in [0.717, 1.165) is 103 Å². The third kappa shape index (κ3) is 50.9. The van der Waals surface area contributed by atoms with E-state index in [2.05, 4.69) is 136 Å². The monoisotopic (exact) mass is 885 g/mol. The predicted molar refractivity (Wildman–Crippen MR) is 279 cm³/mol. The minimum atomic E-state index is -0.595. The van der Waals surface area contributed by atoms with Crippen LogP contribution in [0.1, 0.15) is 213 Å². The van der Waals surface area contributed by atoms with Crippen LogP contribution < -0.4 is 0 Å². The lowest BCUT2D eigenvalue weighted by atomic mass is 10.1. The fraction of sp³-hybridized carbons (Fsp3) is 0.627. The Morgan fingerprint density at radius 1 is 0.359 bits per heavy atom. The second-order valence-corrected chi connectivity index (χ2v) is 16.7. The van der Waals surface area contributed by atoms with Gasteiger partial charge in [0.15, 0.2) is 6.10 Å². The summed E-state index contributed by atoms with van der Waals surface area (Å²) in [5.74, 6) is -0.520. The van der Waals surface area contributed by atoms with Crippen LogP contribution >= 0.6 is 0 Å². The van der Waals surface area contributed by atoms with Gasteiger partial charge in [0, 0.05) is 19.4 Å². The highest BCUT2D eigenvalue weighted by Crippen LogP contribution is 2.12. The molecule has 0 saturated heterocycles. The van der Waals surface area contributed by atoms with Gasteiger partial charge >= 0.3 is 11.9 Å². The number of ether oxygens (including phenoxy) is 3. The molecule has 0 fully saturated rings. The maximum atomic E-state index is 12.8. The number of unbranched alkanes of at least 4 members (excludes halogenated alkanes) is 15. The first-order chi connectivity index (χ1) is 31.6. The zero-order valence-corrected chi connectivity index (χ0v) is 41.5. The SMILES string of the molecule is CC/C=C\C/C=C\C/C=C\C/C=C\CCC(=O)OC(COCCCCCCCC/C=C\C/C=C\C/C=C\CC)COC(=O)CCCCCCCC/C=C\C/C=C\C/C=C\CCCCC. The molecular weight excluding hydrogens is 789 g/mol. The van der Waals surface area contributed by atoms with Crippen LogP contribution in [0.3, 0.4) is 0 Å². The van der Waals surface area contributed by atoms with E-state index in [1.54, 1.807) is 0 Å². The van der Waals surface area contributed by atoms with Crippen molar-refractivity contribution in [2.24, 2.45) is 0 Å². The maximum Gasteiger partial charge on any atom is 0.306 e. The van der Waals surface area contributed by atoms with E-state index in [0.29, 0.717) is 19.4 Å². The lowest BCUT2D eigenvalue weighted by Crippen LogP contribution is -2.30. The first-order valence-corrected chi connectivity index (χ1v) is 26.1. The first-order valence-electron chi connectivity index (χ1n) is 26.1. The minimum Gasteiger partial charge on any atom is -0.462 e. The van der Waals surface area contributed by atoms with E-state index in [1.165, 1.54) is 70.6 Å². The second-order valence-electron chi connectivity index (χ2n) is 16.7. The number of hydrogen-bond donors (Lipinski definition) is 0. The van der Waals surface area contributed by atoms with Gasteiger partial charge < -0.3 is 14.2 Å². The molecule has 1 unspecified atom stereocenters. The summed E-state index contributed by atoms with van der Waals surface area (Å²) in [4.78, 5) is 25.4. The summed E-state index contributed by atoms with van der Waals surface area (Å²) in [6.45, 7) is 7.44. The molecule has 0 N–H and O–H groups in total. The molecule has 0 aromatic carbocycles. The van der Waals surface area contributed by atoms with Gasteiger partial charge in [-0.2, -0.15) is 0 Å². The van der Waals surface area contributed by atoms with Crippen LogP contribution in [0.15, 0.2) is 122 Å². The molecule has 0 aromatic rings. The number of hydrogen-bond acceptors (Lipinski definition) is 5. The van der Waals surface area contributed by atoms with Crippen LogP contribution in [-0.2, 0) is 23.8 Å². The predicted octanol–water partition coefficient (Wildman–Crippen LogP) is 17.8. The summed E-state index contributed by atoms with van der Waals surface area (Å²) in [5, 5.41) is 0. The Morgan fingerprint density at radius 2 is 0.734 bits per heavy atom. The smallest absolute Gasteiger partial charge is 0.306 e. The summed E-state index contributed by atoms with van der Waals surface area (Å²) in [6.07, 6.45) is 75.1. The van der Waals surface area contributed by atoms with Gasteiger partial charge in [0.25, 0.3) is 0 Å². The Labute approximate surface area is 395 Å². The van der Waals surface area contributed by atoms with E-state index in [9.17, 15) is 9.59 Å². The molecule has 1 atom stereocenters. The van der Waals surface area contributed by atoms with Gasteiger partial charge in [-0.15, -0.1) is 0 Å². The van der Waals surface area contributed by atoms with E-state index in [1.807, 2.05) is 6.08 Å². The van der Waals surface area contributed by atoms with Gasteiger partial charge in [0.05, 0.1) is 6.61 Å². The quantitative estimate of drug-likeness (QED) is 0.0346. The molecule has 5 nitrogen and oxygen atoms in total. The molecule has 0 aliphatic rings. The number of esters is 2. The lowest BCUT2D eigenvalue weighted by Gasteiger charge is -2.18. The number of carbonyl (C=O) groups is 2. The molecule has 5 heteroatoms. The Bertz CT molecular complexity index is 1320. The highest BCUT2D eigenvalue weighted by atomic mass is 16.6. The summed E-state index contributed by atoms with van der Waals surface area (Å²) in [6, 6.07) is 0. The van der Waals surface area contributed by atoms with E-state index in [-0.39, 0.29) is 31.6 Å². The average molecular weight is 885 g/mol. The molecule has 0 rings (SSSR count). The van der Waals surface area contributed by atoms with Crippen molar-refractivity contribution in [3.05, 3.63) is 122 Å². The summed E-state index contributed by atoms with van der Waals surface area (Å²) >= 11 is 0. The van der Waals surface area contributed by atoms with Crippen molar-refractivity contribution >= 4 is 11.9 Å². The topological polar surface area (TPSA) is 61.8 Å². The molecule has 0 aliphatic heterocycles. The Morgan fingerprint density at radius 3 is 1.19 bits per heavy atom. The molecule has 0 aromatic heterocycles. The van der Waals surface area contributed by atoms with Crippen LogP contribution in [-0.4, -0.2) is 37.9 Å². The highest BCUT2D eigenvalue weighted by molar-refractivity contribution is 5.70. The molecule has 362 valence electrons. The number of carbonyl (C=O) groups excluding carboxylic acids is 2. The molecular formula is C59H96O5. The van der Waals surface area contributed by atoms with Gasteiger partial charge in [-0.05, 0) is 116 Å². The number of rotatable bonds is 46. The molecule has 0 bridgehead atoms. The van der Waals surface area contributed by atoms with Gasteiger partial charge in [-0.3, -0.25) is 9.59 Å². The van der Waals surface area contributed by atoms with Gasteiger partial charge in [-0.1, -0.05) is 206 Å². The molecule has 0 amide bonds. The summed E-state index contributed by atoms with van der Waals surface area (Å²) in [5.41, 5.74) is 0. The van der Waals surface area contributed by atoms with Crippen molar-refractivity contribution in [1.82, 2.24) is 0 Å². The van der Waals surface area contributed by atoms with Crippen LogP contribution in [0, 0.1) is 0 Å². The van der Waals surface area contributed by atoms with Gasteiger partial charge in [-0.25, -0.2) is 0 Å². The van der Waals surface area contributed by atoms with Crippen molar-refractivity contribution in [1.29, 1.82) is 0 Å². The Hall–Kier alpha value is -3.70. The Kier molecular flexibility index (Phi) is 50.5. The van der Waals surface area contributed by atoms with Crippen molar-refractivity contribution in [3.63, 3.8) is 0 Å². The summed E-state index contributed by atoms with van der Waals surface area (Å²) in [7, 11) is 0. The van der Waals surface area contributed by atoms with Crippen molar-refractivity contribution in [3.8, 4) is 0 Å². The fourth-order valence-electron chi connectivity index (χ4n) is 6.66. The number of allylic oxidation sites excluding steroid dienone is 20.